The van der Waals surface area contributed by atoms with Crippen LogP contribution in [0, 0.1) is 0 Å². The van der Waals surface area contributed by atoms with Crippen LogP contribution in [-0.4, -0.2) is 62.9 Å². The van der Waals surface area contributed by atoms with Crippen LogP contribution in [0.25, 0.3) is 0 Å². The number of methoxy groups -OCH3 is 1. The molecule has 0 aliphatic rings. The fourth-order valence-electron chi connectivity index (χ4n) is 2.39. The van der Waals surface area contributed by atoms with Gasteiger partial charge in [0.15, 0.2) is 0 Å². The summed E-state index contributed by atoms with van der Waals surface area (Å²) in [6, 6.07) is 10.7. The first-order valence-corrected chi connectivity index (χ1v) is 9.51. The molecule has 0 unspecified atom stereocenters. The van der Waals surface area contributed by atoms with E-state index in [1.165, 1.54) is 29.9 Å². The predicted octanol–water partition coefficient (Wildman–Crippen LogP) is 1.62. The maximum atomic E-state index is 13.3. The van der Waals surface area contributed by atoms with E-state index < -0.39 is 16.0 Å². The maximum absolute atomic E-state index is 13.3. The minimum Gasteiger partial charge on any atom is -0.465 e. The molecule has 0 amide bonds. The number of carbonyl (C=O) groups excluding carboxylic acids is 1. The van der Waals surface area contributed by atoms with Crippen LogP contribution in [-0.2, 0) is 21.3 Å². The summed E-state index contributed by atoms with van der Waals surface area (Å²) in [6.45, 7) is 1.02. The SMILES string of the molecule is COC(=O)c1ccncc1S(=O)(=O)N(CCN(C)C)Cc1ccccc1. The highest BCUT2D eigenvalue weighted by Crippen LogP contribution is 2.22. The molecular weight excluding hydrogens is 354 g/mol. The zero-order chi connectivity index (χ0) is 19.2. The Balaban J connectivity index is 2.43. The molecule has 0 N–H and O–H groups in total. The number of rotatable bonds is 8. The quantitative estimate of drug-likeness (QED) is 0.651. The molecule has 0 bridgehead atoms. The van der Waals surface area contributed by atoms with Crippen LogP contribution in [0.4, 0.5) is 0 Å². The van der Waals surface area contributed by atoms with E-state index in [1.54, 1.807) is 0 Å². The first-order valence-electron chi connectivity index (χ1n) is 8.07. The lowest BCUT2D eigenvalue weighted by atomic mass is 10.2. The molecule has 2 aromatic rings. The van der Waals surface area contributed by atoms with E-state index in [9.17, 15) is 13.2 Å². The molecule has 8 heteroatoms. The number of esters is 1. The Bertz CT molecular complexity index is 839. The second kappa shape index (κ2) is 8.88. The van der Waals surface area contributed by atoms with Gasteiger partial charge in [0.1, 0.15) is 4.90 Å². The third-order valence-corrected chi connectivity index (χ3v) is 5.68. The first kappa shape index (κ1) is 20.0. The first-order chi connectivity index (χ1) is 12.4. The molecule has 0 aliphatic carbocycles. The number of likely N-dealkylation sites (N-methyl/N-ethyl adjacent to an activating group) is 1. The summed E-state index contributed by atoms with van der Waals surface area (Å²) < 4.78 is 32.6. The van der Waals surface area contributed by atoms with Crippen LogP contribution in [0.15, 0.2) is 53.7 Å². The van der Waals surface area contributed by atoms with Crippen molar-refractivity contribution >= 4 is 16.0 Å². The molecule has 2 rings (SSSR count). The Hall–Kier alpha value is -2.29. The van der Waals surface area contributed by atoms with Crippen LogP contribution < -0.4 is 0 Å². The third-order valence-electron chi connectivity index (χ3n) is 3.81. The summed E-state index contributed by atoms with van der Waals surface area (Å²) in [6.07, 6.45) is 2.56. The largest absolute Gasteiger partial charge is 0.465 e. The fourth-order valence-corrected chi connectivity index (χ4v) is 3.93. The van der Waals surface area contributed by atoms with Gasteiger partial charge in [-0.3, -0.25) is 4.98 Å². The highest BCUT2D eigenvalue weighted by Gasteiger charge is 2.29. The number of nitrogens with zero attached hydrogens (tertiary/aromatic N) is 3. The lowest BCUT2D eigenvalue weighted by molar-refractivity contribution is 0.0596. The molecule has 0 aliphatic heterocycles. The van der Waals surface area contributed by atoms with Gasteiger partial charge < -0.3 is 9.64 Å². The molecule has 0 saturated carbocycles. The Morgan fingerprint density at radius 3 is 2.42 bits per heavy atom. The Labute approximate surface area is 154 Å². The van der Waals surface area contributed by atoms with Crippen molar-refractivity contribution in [3.63, 3.8) is 0 Å². The van der Waals surface area contributed by atoms with Gasteiger partial charge in [-0.15, -0.1) is 0 Å². The summed E-state index contributed by atoms with van der Waals surface area (Å²) in [7, 11) is 1.02. The summed E-state index contributed by atoms with van der Waals surface area (Å²) in [5.74, 6) is -0.710. The van der Waals surface area contributed by atoms with Gasteiger partial charge in [-0.1, -0.05) is 30.3 Å². The van der Waals surface area contributed by atoms with E-state index in [1.807, 2.05) is 49.3 Å². The van der Waals surface area contributed by atoms with Crippen molar-refractivity contribution < 1.29 is 17.9 Å². The summed E-state index contributed by atoms with van der Waals surface area (Å²) in [5, 5.41) is 0. The maximum Gasteiger partial charge on any atom is 0.339 e. The van der Waals surface area contributed by atoms with Crippen molar-refractivity contribution in [2.75, 3.05) is 34.3 Å². The molecular formula is C18H23N3O4S. The number of pyridine rings is 1. The van der Waals surface area contributed by atoms with Crippen LogP contribution in [0.5, 0.6) is 0 Å². The molecule has 0 saturated heterocycles. The standard InChI is InChI=1S/C18H23N3O4S/c1-20(2)11-12-21(14-15-7-5-4-6-8-15)26(23,24)17-13-19-10-9-16(17)18(22)25-3/h4-10,13H,11-12,14H2,1-3H3. The van der Waals surface area contributed by atoms with Crippen molar-refractivity contribution in [2.45, 2.75) is 11.4 Å². The topological polar surface area (TPSA) is 79.8 Å². The molecule has 1 heterocycles. The Morgan fingerprint density at radius 1 is 1.12 bits per heavy atom. The van der Waals surface area contributed by atoms with Gasteiger partial charge in [0.25, 0.3) is 0 Å². The fraction of sp³-hybridized carbons (Fsp3) is 0.333. The molecule has 0 spiro atoms. The van der Waals surface area contributed by atoms with Crippen molar-refractivity contribution in [1.29, 1.82) is 0 Å². The molecule has 1 aromatic carbocycles. The van der Waals surface area contributed by atoms with Crippen LogP contribution in [0.3, 0.4) is 0 Å². The van der Waals surface area contributed by atoms with Crippen molar-refractivity contribution in [2.24, 2.45) is 0 Å². The lowest BCUT2D eigenvalue weighted by Crippen LogP contribution is -2.37. The number of hydrogen-bond acceptors (Lipinski definition) is 6. The minimum absolute atomic E-state index is 0.0228. The van der Waals surface area contributed by atoms with E-state index in [0.717, 1.165) is 5.56 Å². The van der Waals surface area contributed by atoms with Crippen molar-refractivity contribution in [3.05, 3.63) is 59.9 Å². The van der Waals surface area contributed by atoms with E-state index >= 15 is 0 Å². The molecule has 140 valence electrons. The summed E-state index contributed by atoms with van der Waals surface area (Å²) >= 11 is 0. The van der Waals surface area contributed by atoms with Gasteiger partial charge in [-0.2, -0.15) is 4.31 Å². The second-order valence-corrected chi connectivity index (χ2v) is 7.90. The number of sulfonamides is 1. The van der Waals surface area contributed by atoms with Gasteiger partial charge in [0.05, 0.1) is 12.7 Å². The normalized spacial score (nSPS) is 11.7. The van der Waals surface area contributed by atoms with Crippen molar-refractivity contribution in [3.8, 4) is 0 Å². The van der Waals surface area contributed by atoms with E-state index in [2.05, 4.69) is 4.98 Å². The van der Waals surface area contributed by atoms with Gasteiger partial charge >= 0.3 is 5.97 Å². The van der Waals surface area contributed by atoms with Gasteiger partial charge in [0.2, 0.25) is 10.0 Å². The monoisotopic (exact) mass is 377 g/mol. The predicted molar refractivity (Wildman–Crippen MR) is 98.2 cm³/mol. The highest BCUT2D eigenvalue weighted by molar-refractivity contribution is 7.89. The lowest BCUT2D eigenvalue weighted by Gasteiger charge is -2.24. The van der Waals surface area contributed by atoms with Gasteiger partial charge in [-0.05, 0) is 25.7 Å². The van der Waals surface area contributed by atoms with Crippen LogP contribution >= 0.6 is 0 Å². The van der Waals surface area contributed by atoms with E-state index in [-0.39, 0.29) is 23.5 Å². The van der Waals surface area contributed by atoms with Crippen LogP contribution in [0.1, 0.15) is 15.9 Å². The number of aromatic nitrogens is 1. The number of benzene rings is 1. The van der Waals surface area contributed by atoms with E-state index in [4.69, 9.17) is 4.74 Å². The smallest absolute Gasteiger partial charge is 0.339 e. The van der Waals surface area contributed by atoms with Gasteiger partial charge in [0, 0.05) is 32.0 Å². The number of ether oxygens (including phenoxy) is 1. The second-order valence-electron chi connectivity index (χ2n) is 5.99. The minimum atomic E-state index is -3.94. The van der Waals surface area contributed by atoms with E-state index in [0.29, 0.717) is 6.54 Å². The molecule has 0 fully saturated rings. The summed E-state index contributed by atoms with van der Waals surface area (Å²) in [5.41, 5.74) is 0.837. The Morgan fingerprint density at radius 2 is 1.81 bits per heavy atom. The molecule has 7 nitrogen and oxygen atoms in total. The van der Waals surface area contributed by atoms with Crippen molar-refractivity contribution in [1.82, 2.24) is 14.2 Å². The molecule has 0 atom stereocenters. The summed E-state index contributed by atoms with van der Waals surface area (Å²) in [4.78, 5) is 17.6. The average molecular weight is 377 g/mol. The number of hydrogen-bond donors (Lipinski definition) is 0. The zero-order valence-corrected chi connectivity index (χ0v) is 15.9. The average Bonchev–Trinajstić information content (AvgIpc) is 2.65. The zero-order valence-electron chi connectivity index (χ0n) is 15.1. The molecule has 1 aromatic heterocycles. The van der Waals surface area contributed by atoms with Crippen LogP contribution in [0.2, 0.25) is 0 Å². The highest BCUT2D eigenvalue weighted by atomic mass is 32.2. The Kier molecular flexibility index (Phi) is 6.84. The third kappa shape index (κ3) is 4.87. The molecule has 0 radical (unpaired) electrons. The number of carbonyl (C=O) groups is 1. The molecule has 26 heavy (non-hydrogen) atoms. The van der Waals surface area contributed by atoms with Gasteiger partial charge in [-0.25, -0.2) is 13.2 Å².